The lowest BCUT2D eigenvalue weighted by Gasteiger charge is -2.29. The Labute approximate surface area is 182 Å². The predicted molar refractivity (Wildman–Crippen MR) is 117 cm³/mol. The molecule has 3 aromatic rings. The fraction of sp³-hybridized carbons (Fsp3) is 0.565. The van der Waals surface area contributed by atoms with Gasteiger partial charge in [0.1, 0.15) is 5.82 Å². The highest BCUT2D eigenvalue weighted by atomic mass is 35.5. The Morgan fingerprint density at radius 1 is 1.07 bits per heavy atom. The van der Waals surface area contributed by atoms with Crippen molar-refractivity contribution in [3.63, 3.8) is 0 Å². The number of nitrogens with zero attached hydrogens (tertiary/aromatic N) is 6. The summed E-state index contributed by atoms with van der Waals surface area (Å²) in [6.07, 6.45) is 20.3. The molecule has 0 bridgehead atoms. The Morgan fingerprint density at radius 2 is 1.87 bits per heavy atom. The minimum atomic E-state index is 0.609. The van der Waals surface area contributed by atoms with Gasteiger partial charge in [-0.1, -0.05) is 11.6 Å². The molecule has 0 saturated heterocycles. The summed E-state index contributed by atoms with van der Waals surface area (Å²) in [5.74, 6) is 2.43. The van der Waals surface area contributed by atoms with E-state index in [1.807, 2.05) is 30.5 Å². The Hall–Kier alpha value is -2.21. The highest BCUT2D eigenvalue weighted by molar-refractivity contribution is 6.32. The molecule has 30 heavy (non-hydrogen) atoms. The largest absolute Gasteiger partial charge is 0.334 e. The van der Waals surface area contributed by atoms with Gasteiger partial charge >= 0.3 is 0 Å². The van der Waals surface area contributed by atoms with Crippen LogP contribution in [0.15, 0.2) is 31.1 Å². The van der Waals surface area contributed by atoms with Crippen molar-refractivity contribution >= 4 is 11.6 Å². The third-order valence-electron chi connectivity index (χ3n) is 6.83. The first-order valence-corrected chi connectivity index (χ1v) is 11.5. The normalized spacial score (nSPS) is 21.8. The molecular weight excluding hydrogens is 396 g/mol. The lowest BCUT2D eigenvalue weighted by atomic mass is 9.83. The van der Waals surface area contributed by atoms with Gasteiger partial charge in [0, 0.05) is 49.4 Å². The summed E-state index contributed by atoms with van der Waals surface area (Å²) in [4.78, 5) is 13.6. The van der Waals surface area contributed by atoms with Gasteiger partial charge in [0.15, 0.2) is 0 Å². The van der Waals surface area contributed by atoms with Crippen molar-refractivity contribution in [3.8, 4) is 11.3 Å². The monoisotopic (exact) mass is 424 g/mol. The quantitative estimate of drug-likeness (QED) is 0.532. The first kappa shape index (κ1) is 19.7. The zero-order valence-corrected chi connectivity index (χ0v) is 18.3. The fourth-order valence-corrected chi connectivity index (χ4v) is 4.95. The molecule has 0 N–H and O–H groups in total. The summed E-state index contributed by atoms with van der Waals surface area (Å²) in [6.45, 7) is 0. The van der Waals surface area contributed by atoms with E-state index in [1.165, 1.54) is 44.2 Å². The van der Waals surface area contributed by atoms with E-state index in [0.29, 0.717) is 11.1 Å². The highest BCUT2D eigenvalue weighted by Gasteiger charge is 2.26. The van der Waals surface area contributed by atoms with E-state index in [1.54, 1.807) is 6.20 Å². The second-order valence-electron chi connectivity index (χ2n) is 8.98. The SMILES string of the molecule is Cn1ncc(-c2nc(CCC3CCC(n4ccnc4)CC3)ncc2Cl)c1CC1CC1. The molecule has 0 aliphatic heterocycles. The summed E-state index contributed by atoms with van der Waals surface area (Å²) in [5.41, 5.74) is 3.15. The smallest absolute Gasteiger partial charge is 0.129 e. The van der Waals surface area contributed by atoms with Gasteiger partial charge in [-0.2, -0.15) is 5.10 Å². The van der Waals surface area contributed by atoms with Crippen LogP contribution in [0.3, 0.4) is 0 Å². The summed E-state index contributed by atoms with van der Waals surface area (Å²) in [5, 5.41) is 5.10. The van der Waals surface area contributed by atoms with Crippen molar-refractivity contribution in [2.45, 2.75) is 63.8 Å². The Balaban J connectivity index is 1.24. The van der Waals surface area contributed by atoms with E-state index in [4.69, 9.17) is 16.6 Å². The van der Waals surface area contributed by atoms with Gasteiger partial charge in [-0.25, -0.2) is 15.0 Å². The van der Waals surface area contributed by atoms with Crippen molar-refractivity contribution in [2.24, 2.45) is 18.9 Å². The first-order chi connectivity index (χ1) is 14.7. The van der Waals surface area contributed by atoms with Crippen molar-refractivity contribution in [3.05, 3.63) is 47.7 Å². The molecule has 3 heterocycles. The standard InChI is InChI=1S/C23H29ClN6/c1-29-21(12-17-2-3-17)19(13-27-29)23-20(24)14-26-22(28-23)9-6-16-4-7-18(8-5-16)30-11-10-25-15-30/h10-11,13-18H,2-9,12H2,1H3. The molecule has 0 amide bonds. The molecule has 6 nitrogen and oxygen atoms in total. The van der Waals surface area contributed by atoms with Crippen molar-refractivity contribution in [2.75, 3.05) is 0 Å². The predicted octanol–water partition coefficient (Wildman–Crippen LogP) is 5.04. The second-order valence-corrected chi connectivity index (χ2v) is 9.39. The van der Waals surface area contributed by atoms with E-state index in [2.05, 4.69) is 25.8 Å². The average Bonchev–Trinajstić information content (AvgIpc) is 3.27. The van der Waals surface area contributed by atoms with Crippen LogP contribution < -0.4 is 0 Å². The van der Waals surface area contributed by atoms with E-state index in [0.717, 1.165) is 48.2 Å². The molecule has 2 aliphatic carbocycles. The van der Waals surface area contributed by atoms with Gasteiger partial charge in [-0.05, 0) is 63.2 Å². The molecule has 158 valence electrons. The zero-order chi connectivity index (χ0) is 20.5. The molecule has 2 aliphatic rings. The minimum absolute atomic E-state index is 0.609. The van der Waals surface area contributed by atoms with Crippen LogP contribution in [0, 0.1) is 11.8 Å². The minimum Gasteiger partial charge on any atom is -0.334 e. The number of aromatic nitrogens is 6. The van der Waals surface area contributed by atoms with Crippen LogP contribution in [0.2, 0.25) is 5.02 Å². The summed E-state index contributed by atoms with van der Waals surface area (Å²) in [7, 11) is 2.01. The third kappa shape index (κ3) is 4.29. The topological polar surface area (TPSA) is 61.4 Å². The van der Waals surface area contributed by atoms with Crippen LogP contribution >= 0.6 is 11.6 Å². The van der Waals surface area contributed by atoms with Crippen LogP contribution in [0.1, 0.15) is 62.5 Å². The summed E-state index contributed by atoms with van der Waals surface area (Å²) < 4.78 is 4.24. The maximum absolute atomic E-state index is 6.51. The summed E-state index contributed by atoms with van der Waals surface area (Å²) >= 11 is 6.51. The molecule has 0 atom stereocenters. The van der Waals surface area contributed by atoms with E-state index >= 15 is 0 Å². The molecule has 5 rings (SSSR count). The first-order valence-electron chi connectivity index (χ1n) is 11.2. The molecule has 0 radical (unpaired) electrons. The van der Waals surface area contributed by atoms with Gasteiger partial charge in [0.05, 0.1) is 23.2 Å². The maximum atomic E-state index is 6.51. The number of aryl methyl sites for hydroxylation is 2. The van der Waals surface area contributed by atoms with E-state index in [-0.39, 0.29) is 0 Å². The second kappa shape index (κ2) is 8.50. The van der Waals surface area contributed by atoms with Crippen molar-refractivity contribution in [1.29, 1.82) is 0 Å². The number of hydrogen-bond donors (Lipinski definition) is 0. The van der Waals surface area contributed by atoms with Crippen LogP contribution in [0.5, 0.6) is 0 Å². The van der Waals surface area contributed by atoms with Crippen LogP contribution in [-0.4, -0.2) is 29.3 Å². The van der Waals surface area contributed by atoms with Crippen molar-refractivity contribution in [1.82, 2.24) is 29.3 Å². The van der Waals surface area contributed by atoms with Crippen LogP contribution in [0.25, 0.3) is 11.3 Å². The molecule has 0 spiro atoms. The van der Waals surface area contributed by atoms with Crippen LogP contribution in [-0.2, 0) is 19.9 Å². The molecule has 0 aromatic carbocycles. The Kier molecular flexibility index (Phi) is 5.59. The number of hydrogen-bond acceptors (Lipinski definition) is 4. The zero-order valence-electron chi connectivity index (χ0n) is 17.5. The fourth-order valence-electron chi connectivity index (χ4n) is 4.76. The lowest BCUT2D eigenvalue weighted by Crippen LogP contribution is -2.18. The Bertz CT molecular complexity index is 983. The van der Waals surface area contributed by atoms with Crippen molar-refractivity contribution < 1.29 is 0 Å². The molecule has 2 fully saturated rings. The van der Waals surface area contributed by atoms with Gasteiger partial charge < -0.3 is 4.57 Å². The van der Waals surface area contributed by atoms with E-state index in [9.17, 15) is 0 Å². The molecular formula is C23H29ClN6. The number of rotatable bonds is 7. The molecule has 7 heteroatoms. The van der Waals surface area contributed by atoms with E-state index < -0.39 is 0 Å². The Morgan fingerprint density at radius 3 is 2.60 bits per heavy atom. The third-order valence-corrected chi connectivity index (χ3v) is 7.11. The van der Waals surface area contributed by atoms with Gasteiger partial charge in [-0.15, -0.1) is 0 Å². The number of imidazole rings is 1. The molecule has 3 aromatic heterocycles. The summed E-state index contributed by atoms with van der Waals surface area (Å²) in [6, 6.07) is 0.609. The molecule has 2 saturated carbocycles. The maximum Gasteiger partial charge on any atom is 0.129 e. The number of halogens is 1. The highest BCUT2D eigenvalue weighted by Crippen LogP contribution is 2.37. The lowest BCUT2D eigenvalue weighted by molar-refractivity contribution is 0.263. The van der Waals surface area contributed by atoms with Crippen LogP contribution in [0.4, 0.5) is 0 Å². The van der Waals surface area contributed by atoms with Gasteiger partial charge in [-0.3, -0.25) is 4.68 Å². The average molecular weight is 425 g/mol. The molecule has 0 unspecified atom stereocenters. The van der Waals surface area contributed by atoms with Gasteiger partial charge in [0.25, 0.3) is 0 Å². The van der Waals surface area contributed by atoms with Gasteiger partial charge in [0.2, 0.25) is 0 Å².